The maximum absolute atomic E-state index is 13.3. The van der Waals surface area contributed by atoms with Crippen LogP contribution in [-0.2, 0) is 6.54 Å². The number of aromatic nitrogens is 1. The van der Waals surface area contributed by atoms with Crippen LogP contribution < -0.4 is 15.4 Å². The Hall–Kier alpha value is -3.54. The molecule has 2 N–H and O–H groups in total. The van der Waals surface area contributed by atoms with Gasteiger partial charge in [0.1, 0.15) is 11.3 Å². The molecule has 0 unspecified atom stereocenters. The molecule has 0 bridgehead atoms. The fraction of sp³-hybridized carbons (Fsp3) is 0.333. The van der Waals surface area contributed by atoms with Gasteiger partial charge >= 0.3 is 0 Å². The van der Waals surface area contributed by atoms with Crippen molar-refractivity contribution >= 4 is 11.8 Å². The molecule has 3 aromatic rings. The predicted molar refractivity (Wildman–Crippen MR) is 128 cm³/mol. The quantitative estimate of drug-likeness (QED) is 0.511. The monoisotopic (exact) mass is 445 g/mol. The zero-order chi connectivity index (χ0) is 23.2. The molecule has 33 heavy (non-hydrogen) atoms. The Morgan fingerprint density at radius 1 is 0.879 bits per heavy atom. The van der Waals surface area contributed by atoms with Crippen molar-refractivity contribution in [2.75, 3.05) is 6.61 Å². The van der Waals surface area contributed by atoms with Gasteiger partial charge < -0.3 is 19.9 Å². The lowest BCUT2D eigenvalue weighted by Crippen LogP contribution is -2.30. The number of fused-ring (bicyclic) bond motifs is 1. The van der Waals surface area contributed by atoms with Crippen molar-refractivity contribution in [3.8, 4) is 5.88 Å². The van der Waals surface area contributed by atoms with Crippen molar-refractivity contribution in [1.82, 2.24) is 15.2 Å². The highest BCUT2D eigenvalue weighted by Gasteiger charge is 2.29. The lowest BCUT2D eigenvalue weighted by atomic mass is 10.0. The first-order valence-electron chi connectivity index (χ1n) is 11.7. The maximum Gasteiger partial charge on any atom is 0.268 e. The standard InChI is InChI=1S/C27H31N3O3/c1-3-22(19-12-7-5-8-13-19)28-25(31)21-18-24(30-16-11-17-33-27(21)30)26(32)29-23(4-2)20-14-9-6-10-15-20/h5-10,12-15,18,22-23H,3-4,11,16-17H2,1-2H3,(H,28,31)(H,29,32)/t22-,23-/m0/s1. The number of benzene rings is 2. The first-order chi connectivity index (χ1) is 16.1. The van der Waals surface area contributed by atoms with Gasteiger partial charge in [0.15, 0.2) is 0 Å². The van der Waals surface area contributed by atoms with E-state index in [2.05, 4.69) is 10.6 Å². The number of hydrogen-bond acceptors (Lipinski definition) is 3. The van der Waals surface area contributed by atoms with Crippen molar-refractivity contribution in [2.45, 2.75) is 51.7 Å². The number of nitrogens with one attached hydrogen (secondary N) is 2. The largest absolute Gasteiger partial charge is 0.478 e. The Labute approximate surface area is 195 Å². The van der Waals surface area contributed by atoms with Crippen LogP contribution in [0.1, 0.15) is 77.2 Å². The number of nitrogens with zero attached hydrogens (tertiary/aromatic N) is 1. The van der Waals surface area contributed by atoms with Gasteiger partial charge in [0.05, 0.1) is 18.7 Å². The number of rotatable bonds is 8. The summed E-state index contributed by atoms with van der Waals surface area (Å²) in [5.74, 6) is 0.0386. The normalized spacial score (nSPS) is 14.5. The molecule has 6 heteroatoms. The van der Waals surface area contributed by atoms with E-state index in [0.29, 0.717) is 30.3 Å². The lowest BCUT2D eigenvalue weighted by Gasteiger charge is -2.22. The van der Waals surface area contributed by atoms with Crippen molar-refractivity contribution in [2.24, 2.45) is 0 Å². The minimum Gasteiger partial charge on any atom is -0.478 e. The number of ether oxygens (including phenoxy) is 1. The van der Waals surface area contributed by atoms with Gasteiger partial charge in [-0.15, -0.1) is 0 Å². The molecule has 0 fully saturated rings. The highest BCUT2D eigenvalue weighted by atomic mass is 16.5. The molecular formula is C27H31N3O3. The van der Waals surface area contributed by atoms with Crippen LogP contribution in [0, 0.1) is 0 Å². The second kappa shape index (κ2) is 10.4. The number of hydrogen-bond donors (Lipinski definition) is 2. The second-order valence-electron chi connectivity index (χ2n) is 8.29. The summed E-state index contributed by atoms with van der Waals surface area (Å²) in [6.07, 6.45) is 2.32. The molecule has 172 valence electrons. The van der Waals surface area contributed by atoms with Gasteiger partial charge in [-0.2, -0.15) is 0 Å². The summed E-state index contributed by atoms with van der Waals surface area (Å²) in [4.78, 5) is 26.5. The first-order valence-corrected chi connectivity index (χ1v) is 11.7. The molecule has 0 aliphatic carbocycles. The van der Waals surface area contributed by atoms with Crippen LogP contribution in [0.25, 0.3) is 0 Å². The molecule has 1 aliphatic heterocycles. The van der Waals surface area contributed by atoms with Gasteiger partial charge in [-0.3, -0.25) is 9.59 Å². The second-order valence-corrected chi connectivity index (χ2v) is 8.29. The SMILES string of the molecule is CC[C@H](NC(=O)c1cc(C(=O)N[C@@H](CC)c2ccccc2)n2c1OCCC2)c1ccccc1. The van der Waals surface area contributed by atoms with Crippen LogP contribution in [-0.4, -0.2) is 23.0 Å². The fourth-order valence-corrected chi connectivity index (χ4v) is 4.33. The Morgan fingerprint density at radius 3 is 1.97 bits per heavy atom. The van der Waals surface area contributed by atoms with E-state index < -0.39 is 0 Å². The molecule has 0 spiro atoms. The summed E-state index contributed by atoms with van der Waals surface area (Å²) in [7, 11) is 0. The summed E-state index contributed by atoms with van der Waals surface area (Å²) in [5, 5.41) is 6.25. The van der Waals surface area contributed by atoms with Gasteiger partial charge in [0.2, 0.25) is 5.88 Å². The Bertz CT molecular complexity index is 1010. The maximum atomic E-state index is 13.3. The summed E-state index contributed by atoms with van der Waals surface area (Å²) < 4.78 is 7.69. The van der Waals surface area contributed by atoms with E-state index in [0.717, 1.165) is 30.4 Å². The average Bonchev–Trinajstić information content (AvgIpc) is 3.26. The van der Waals surface area contributed by atoms with Gasteiger partial charge in [-0.1, -0.05) is 74.5 Å². The van der Waals surface area contributed by atoms with Crippen LogP contribution in [0.4, 0.5) is 0 Å². The topological polar surface area (TPSA) is 72.4 Å². The van der Waals surface area contributed by atoms with E-state index >= 15 is 0 Å². The van der Waals surface area contributed by atoms with Crippen LogP contribution >= 0.6 is 0 Å². The zero-order valence-electron chi connectivity index (χ0n) is 19.2. The molecule has 0 radical (unpaired) electrons. The Morgan fingerprint density at radius 2 is 1.42 bits per heavy atom. The van der Waals surface area contributed by atoms with E-state index in [-0.39, 0.29) is 23.9 Å². The molecule has 2 amide bonds. The van der Waals surface area contributed by atoms with Gasteiger partial charge in [0, 0.05) is 6.54 Å². The number of carbonyl (C=O) groups is 2. The summed E-state index contributed by atoms with van der Waals surface area (Å²) >= 11 is 0. The van der Waals surface area contributed by atoms with Crippen LogP contribution in [0.3, 0.4) is 0 Å². The number of amides is 2. The lowest BCUT2D eigenvalue weighted by molar-refractivity contribution is 0.0913. The molecule has 6 nitrogen and oxygen atoms in total. The summed E-state index contributed by atoms with van der Waals surface area (Å²) in [5.41, 5.74) is 2.97. The molecule has 2 aromatic carbocycles. The summed E-state index contributed by atoms with van der Waals surface area (Å²) in [6.45, 7) is 5.26. The zero-order valence-corrected chi connectivity index (χ0v) is 19.2. The molecule has 2 atom stereocenters. The third kappa shape index (κ3) is 4.95. The minimum atomic E-state index is -0.231. The third-order valence-corrected chi connectivity index (χ3v) is 6.12. The minimum absolute atomic E-state index is 0.103. The first kappa shape index (κ1) is 22.6. The van der Waals surface area contributed by atoms with Gasteiger partial charge in [-0.25, -0.2) is 0 Å². The van der Waals surface area contributed by atoms with Gasteiger partial charge in [-0.05, 0) is 36.5 Å². The molecule has 1 aromatic heterocycles. The van der Waals surface area contributed by atoms with E-state index in [1.165, 1.54) is 0 Å². The highest BCUT2D eigenvalue weighted by molar-refractivity contribution is 6.02. The molecule has 4 rings (SSSR count). The van der Waals surface area contributed by atoms with Crippen molar-refractivity contribution in [3.63, 3.8) is 0 Å². The van der Waals surface area contributed by atoms with Crippen LogP contribution in [0.5, 0.6) is 5.88 Å². The van der Waals surface area contributed by atoms with E-state index in [9.17, 15) is 9.59 Å². The Kier molecular flexibility index (Phi) is 7.13. The molecular weight excluding hydrogens is 414 g/mol. The fourth-order valence-electron chi connectivity index (χ4n) is 4.33. The van der Waals surface area contributed by atoms with Crippen LogP contribution in [0.15, 0.2) is 66.7 Å². The van der Waals surface area contributed by atoms with Crippen LogP contribution in [0.2, 0.25) is 0 Å². The molecule has 0 saturated heterocycles. The average molecular weight is 446 g/mol. The van der Waals surface area contributed by atoms with E-state index in [1.807, 2.05) is 79.1 Å². The molecule has 2 heterocycles. The van der Waals surface area contributed by atoms with E-state index in [4.69, 9.17) is 4.74 Å². The predicted octanol–water partition coefficient (Wildman–Crippen LogP) is 5.03. The van der Waals surface area contributed by atoms with Crippen molar-refractivity contribution in [3.05, 3.63) is 89.1 Å². The van der Waals surface area contributed by atoms with Crippen molar-refractivity contribution in [1.29, 1.82) is 0 Å². The highest BCUT2D eigenvalue weighted by Crippen LogP contribution is 2.30. The smallest absolute Gasteiger partial charge is 0.268 e. The third-order valence-electron chi connectivity index (χ3n) is 6.12. The van der Waals surface area contributed by atoms with Gasteiger partial charge in [0.25, 0.3) is 11.8 Å². The number of carbonyl (C=O) groups excluding carboxylic acids is 2. The summed E-state index contributed by atoms with van der Waals surface area (Å²) in [6, 6.07) is 21.3. The Balaban J connectivity index is 1.58. The molecule has 0 saturated carbocycles. The van der Waals surface area contributed by atoms with E-state index in [1.54, 1.807) is 6.07 Å². The molecule has 1 aliphatic rings. The van der Waals surface area contributed by atoms with Crippen molar-refractivity contribution < 1.29 is 14.3 Å².